The molecule has 112 valence electrons. The first-order chi connectivity index (χ1) is 9.65. The van der Waals surface area contributed by atoms with E-state index in [4.69, 9.17) is 11.6 Å². The molecule has 0 radical (unpaired) electrons. The summed E-state index contributed by atoms with van der Waals surface area (Å²) in [5.41, 5.74) is 0.682. The van der Waals surface area contributed by atoms with Gasteiger partial charge in [-0.05, 0) is 31.0 Å². The first kappa shape index (κ1) is 15.5. The average Bonchev–Trinajstić information content (AvgIpc) is 2.67. The van der Waals surface area contributed by atoms with Crippen molar-refractivity contribution in [3.63, 3.8) is 0 Å². The van der Waals surface area contributed by atoms with Crippen LogP contribution in [-0.4, -0.2) is 12.7 Å². The summed E-state index contributed by atoms with van der Waals surface area (Å²) in [6.07, 6.45) is 7.32. The largest absolute Gasteiger partial charge is 0.434 e. The second kappa shape index (κ2) is 7.79. The first-order valence-corrected chi connectivity index (χ1v) is 7.49. The summed E-state index contributed by atoms with van der Waals surface area (Å²) in [7, 11) is 0. The van der Waals surface area contributed by atoms with Crippen LogP contribution in [0.4, 0.5) is 8.78 Å². The molecule has 1 aromatic carbocycles. The normalized spacial score (nSPS) is 17.2. The van der Waals surface area contributed by atoms with Crippen molar-refractivity contribution in [1.29, 1.82) is 0 Å². The molecule has 0 atom stereocenters. The maximum atomic E-state index is 12.4. The van der Waals surface area contributed by atoms with Crippen molar-refractivity contribution < 1.29 is 13.5 Å². The number of hydrogen-bond donors (Lipinski definition) is 1. The van der Waals surface area contributed by atoms with E-state index < -0.39 is 6.61 Å². The van der Waals surface area contributed by atoms with E-state index in [1.807, 2.05) is 0 Å². The maximum Gasteiger partial charge on any atom is 0.387 e. The van der Waals surface area contributed by atoms with E-state index in [1.54, 1.807) is 12.1 Å². The summed E-state index contributed by atoms with van der Waals surface area (Å²) in [5, 5.41) is 3.97. The Balaban J connectivity index is 1.97. The highest BCUT2D eigenvalue weighted by Crippen LogP contribution is 2.25. The van der Waals surface area contributed by atoms with E-state index in [-0.39, 0.29) is 5.75 Å². The molecule has 2 rings (SSSR count). The topological polar surface area (TPSA) is 21.3 Å². The SMILES string of the molecule is FC(F)Oc1ccc(Cl)cc1CNC1CCCCCC1. The molecule has 5 heteroatoms. The molecule has 0 bridgehead atoms. The van der Waals surface area contributed by atoms with Gasteiger partial charge in [-0.2, -0.15) is 8.78 Å². The Bertz CT molecular complexity index is 420. The van der Waals surface area contributed by atoms with Crippen LogP contribution in [0.5, 0.6) is 5.75 Å². The Morgan fingerprint density at radius 3 is 2.55 bits per heavy atom. The van der Waals surface area contributed by atoms with Crippen LogP contribution < -0.4 is 10.1 Å². The molecule has 1 aliphatic carbocycles. The lowest BCUT2D eigenvalue weighted by Gasteiger charge is -2.18. The first-order valence-electron chi connectivity index (χ1n) is 7.12. The fraction of sp³-hybridized carbons (Fsp3) is 0.600. The second-order valence-corrected chi connectivity index (χ2v) is 5.64. The lowest BCUT2D eigenvalue weighted by atomic mass is 10.1. The predicted octanol–water partition coefficient (Wildman–Crippen LogP) is 4.75. The van der Waals surface area contributed by atoms with Crippen molar-refractivity contribution >= 4 is 11.6 Å². The highest BCUT2D eigenvalue weighted by molar-refractivity contribution is 6.30. The van der Waals surface area contributed by atoms with Crippen LogP contribution in [0.1, 0.15) is 44.1 Å². The van der Waals surface area contributed by atoms with E-state index in [1.165, 1.54) is 31.7 Å². The second-order valence-electron chi connectivity index (χ2n) is 5.20. The van der Waals surface area contributed by atoms with Crippen LogP contribution in [0, 0.1) is 0 Å². The summed E-state index contributed by atoms with van der Waals surface area (Å²) >= 11 is 5.93. The molecule has 1 N–H and O–H groups in total. The Hall–Kier alpha value is -0.870. The molecule has 1 aromatic rings. The summed E-state index contributed by atoms with van der Waals surface area (Å²) in [4.78, 5) is 0. The van der Waals surface area contributed by atoms with Crippen molar-refractivity contribution in [3.05, 3.63) is 28.8 Å². The van der Waals surface area contributed by atoms with Gasteiger partial charge < -0.3 is 10.1 Å². The molecule has 0 aliphatic heterocycles. The third-order valence-corrected chi connectivity index (χ3v) is 3.91. The van der Waals surface area contributed by atoms with Gasteiger partial charge in [0.15, 0.2) is 0 Å². The van der Waals surface area contributed by atoms with E-state index in [0.29, 0.717) is 23.2 Å². The molecular weight excluding hydrogens is 284 g/mol. The molecule has 0 saturated heterocycles. The van der Waals surface area contributed by atoms with Crippen LogP contribution in [0.15, 0.2) is 18.2 Å². The zero-order valence-corrected chi connectivity index (χ0v) is 12.1. The number of hydrogen-bond acceptors (Lipinski definition) is 2. The van der Waals surface area contributed by atoms with Gasteiger partial charge >= 0.3 is 6.61 Å². The molecule has 20 heavy (non-hydrogen) atoms. The monoisotopic (exact) mass is 303 g/mol. The van der Waals surface area contributed by atoms with Gasteiger partial charge in [-0.3, -0.25) is 0 Å². The predicted molar refractivity (Wildman–Crippen MR) is 76.4 cm³/mol. The van der Waals surface area contributed by atoms with Gasteiger partial charge in [0.2, 0.25) is 0 Å². The number of alkyl halides is 2. The number of rotatable bonds is 5. The van der Waals surface area contributed by atoms with Crippen LogP contribution >= 0.6 is 11.6 Å². The minimum Gasteiger partial charge on any atom is -0.434 e. The molecule has 0 amide bonds. The molecule has 1 aliphatic rings. The van der Waals surface area contributed by atoms with Gasteiger partial charge in [0, 0.05) is 23.2 Å². The summed E-state index contributed by atoms with van der Waals surface area (Å²) < 4.78 is 29.3. The third-order valence-electron chi connectivity index (χ3n) is 3.67. The molecule has 2 nitrogen and oxygen atoms in total. The van der Waals surface area contributed by atoms with Gasteiger partial charge in [0.05, 0.1) is 0 Å². The Labute approximate surface area is 123 Å². The minimum absolute atomic E-state index is 0.200. The zero-order valence-electron chi connectivity index (χ0n) is 11.4. The van der Waals surface area contributed by atoms with Crippen molar-refractivity contribution in [2.75, 3.05) is 0 Å². The standard InChI is InChI=1S/C15H20ClF2NO/c16-12-7-8-14(20-15(17)18)11(9-12)10-19-13-5-3-1-2-4-6-13/h7-9,13,15,19H,1-6,10H2. The lowest BCUT2D eigenvalue weighted by Crippen LogP contribution is -2.28. The average molecular weight is 304 g/mol. The molecule has 1 fully saturated rings. The number of benzene rings is 1. The molecule has 0 aromatic heterocycles. The Kier molecular flexibility index (Phi) is 6.05. The minimum atomic E-state index is -2.81. The fourth-order valence-electron chi connectivity index (χ4n) is 2.63. The summed E-state index contributed by atoms with van der Waals surface area (Å²) in [6.45, 7) is -2.30. The van der Waals surface area contributed by atoms with Crippen LogP contribution in [0.25, 0.3) is 0 Å². The maximum absolute atomic E-state index is 12.4. The highest BCUT2D eigenvalue weighted by atomic mass is 35.5. The van der Waals surface area contributed by atoms with Crippen LogP contribution in [0.2, 0.25) is 5.02 Å². The van der Waals surface area contributed by atoms with Gasteiger partial charge in [-0.25, -0.2) is 0 Å². The summed E-state index contributed by atoms with van der Waals surface area (Å²) in [6, 6.07) is 5.20. The molecule has 0 unspecified atom stereocenters. The van der Waals surface area contributed by atoms with Crippen molar-refractivity contribution in [2.45, 2.75) is 57.7 Å². The van der Waals surface area contributed by atoms with Gasteiger partial charge in [-0.15, -0.1) is 0 Å². The van der Waals surface area contributed by atoms with Gasteiger partial charge in [0.25, 0.3) is 0 Å². The van der Waals surface area contributed by atoms with Gasteiger partial charge in [0.1, 0.15) is 5.75 Å². The Morgan fingerprint density at radius 1 is 1.20 bits per heavy atom. The highest BCUT2D eigenvalue weighted by Gasteiger charge is 2.14. The smallest absolute Gasteiger partial charge is 0.387 e. The molecule has 0 heterocycles. The third kappa shape index (κ3) is 4.91. The zero-order chi connectivity index (χ0) is 14.4. The van der Waals surface area contributed by atoms with Crippen molar-refractivity contribution in [3.8, 4) is 5.75 Å². The van der Waals surface area contributed by atoms with Crippen LogP contribution in [-0.2, 0) is 6.54 Å². The van der Waals surface area contributed by atoms with Crippen molar-refractivity contribution in [2.24, 2.45) is 0 Å². The van der Waals surface area contributed by atoms with E-state index >= 15 is 0 Å². The van der Waals surface area contributed by atoms with E-state index in [0.717, 1.165) is 12.8 Å². The summed E-state index contributed by atoms with van der Waals surface area (Å²) in [5.74, 6) is 0.200. The quantitative estimate of drug-likeness (QED) is 0.792. The number of halogens is 3. The molecule has 0 spiro atoms. The van der Waals surface area contributed by atoms with Crippen LogP contribution in [0.3, 0.4) is 0 Å². The lowest BCUT2D eigenvalue weighted by molar-refractivity contribution is -0.0505. The van der Waals surface area contributed by atoms with E-state index in [2.05, 4.69) is 10.1 Å². The Morgan fingerprint density at radius 2 is 1.90 bits per heavy atom. The van der Waals surface area contributed by atoms with Crippen molar-refractivity contribution in [1.82, 2.24) is 5.32 Å². The number of ether oxygens (including phenoxy) is 1. The van der Waals surface area contributed by atoms with Gasteiger partial charge in [-0.1, -0.05) is 37.3 Å². The molecule has 1 saturated carbocycles. The van der Waals surface area contributed by atoms with E-state index in [9.17, 15) is 8.78 Å². The number of nitrogens with one attached hydrogen (secondary N) is 1. The molecular formula is C15H20ClF2NO. The fourth-order valence-corrected chi connectivity index (χ4v) is 2.83.